The molecule has 0 spiro atoms. The number of hydrogen-bond acceptors (Lipinski definition) is 4. The summed E-state index contributed by atoms with van der Waals surface area (Å²) in [5.41, 5.74) is 1.74. The Morgan fingerprint density at radius 2 is 1.83 bits per heavy atom. The molecule has 0 unspecified atom stereocenters. The lowest BCUT2D eigenvalue weighted by Gasteiger charge is -2.31. The predicted molar refractivity (Wildman–Crippen MR) is 68.9 cm³/mol. The first kappa shape index (κ1) is 13.5. The quantitative estimate of drug-likeness (QED) is 0.792. The molecule has 0 aliphatic carbocycles. The second kappa shape index (κ2) is 6.29. The van der Waals surface area contributed by atoms with Gasteiger partial charge in [-0.2, -0.15) is 0 Å². The molecular formula is C14H21NO3. The van der Waals surface area contributed by atoms with Crippen LogP contribution in [0.25, 0.3) is 0 Å². The molecule has 1 aliphatic rings. The lowest BCUT2D eigenvalue weighted by Crippen LogP contribution is -2.36. The van der Waals surface area contributed by atoms with Gasteiger partial charge in [0.15, 0.2) is 6.29 Å². The third-order valence-corrected chi connectivity index (χ3v) is 3.55. The van der Waals surface area contributed by atoms with Crippen LogP contribution in [0.15, 0.2) is 24.3 Å². The minimum atomic E-state index is -1.38. The van der Waals surface area contributed by atoms with Crippen molar-refractivity contribution in [2.45, 2.75) is 31.8 Å². The van der Waals surface area contributed by atoms with Crippen LogP contribution >= 0.6 is 0 Å². The topological polar surface area (TPSA) is 52.9 Å². The first-order chi connectivity index (χ1) is 8.69. The highest BCUT2D eigenvalue weighted by atomic mass is 16.5. The van der Waals surface area contributed by atoms with Crippen molar-refractivity contribution in [3.05, 3.63) is 35.4 Å². The molecule has 1 aliphatic heterocycles. The van der Waals surface area contributed by atoms with Crippen LogP contribution in [0, 0.1) is 0 Å². The summed E-state index contributed by atoms with van der Waals surface area (Å²) in [7, 11) is 1.78. The third-order valence-electron chi connectivity index (χ3n) is 3.55. The first-order valence-corrected chi connectivity index (χ1v) is 6.39. The summed E-state index contributed by atoms with van der Waals surface area (Å²) in [5.74, 6) is 0. The molecule has 1 heterocycles. The van der Waals surface area contributed by atoms with Crippen molar-refractivity contribution in [2.24, 2.45) is 0 Å². The molecule has 18 heavy (non-hydrogen) atoms. The summed E-state index contributed by atoms with van der Waals surface area (Å²) < 4.78 is 5.35. The molecule has 0 atom stereocenters. The fourth-order valence-electron chi connectivity index (χ4n) is 2.36. The molecule has 4 nitrogen and oxygen atoms in total. The number of rotatable bonds is 4. The summed E-state index contributed by atoms with van der Waals surface area (Å²) >= 11 is 0. The summed E-state index contributed by atoms with van der Waals surface area (Å²) in [6.45, 7) is 3.03. The standard InChI is InChI=1S/C14H21NO3/c1-18-13-6-8-15(9-7-13)10-11-2-4-12(5-3-11)14(16)17/h2-5,13-14,16-17H,6-10H2,1H3. The van der Waals surface area contributed by atoms with Gasteiger partial charge in [0, 0.05) is 32.3 Å². The molecule has 4 heteroatoms. The molecule has 1 saturated heterocycles. The minimum absolute atomic E-state index is 0.410. The number of ether oxygens (including phenoxy) is 1. The highest BCUT2D eigenvalue weighted by Crippen LogP contribution is 2.17. The molecule has 0 bridgehead atoms. The smallest absolute Gasteiger partial charge is 0.178 e. The van der Waals surface area contributed by atoms with Crippen LogP contribution in [0.2, 0.25) is 0 Å². The van der Waals surface area contributed by atoms with Gasteiger partial charge in [-0.15, -0.1) is 0 Å². The van der Waals surface area contributed by atoms with E-state index in [1.54, 1.807) is 19.2 Å². The summed E-state index contributed by atoms with van der Waals surface area (Å²) in [5, 5.41) is 18.0. The van der Waals surface area contributed by atoms with Crippen molar-refractivity contribution in [1.82, 2.24) is 4.90 Å². The molecule has 0 radical (unpaired) electrons. The van der Waals surface area contributed by atoms with Crippen LogP contribution in [0.5, 0.6) is 0 Å². The van der Waals surface area contributed by atoms with Gasteiger partial charge in [-0.3, -0.25) is 4.90 Å². The fraction of sp³-hybridized carbons (Fsp3) is 0.571. The molecule has 2 rings (SSSR count). The lowest BCUT2D eigenvalue weighted by atomic mass is 10.1. The third kappa shape index (κ3) is 3.53. The van der Waals surface area contributed by atoms with Crippen LogP contribution in [-0.4, -0.2) is 41.4 Å². The average molecular weight is 251 g/mol. The molecule has 0 aromatic heterocycles. The number of hydrogen-bond donors (Lipinski definition) is 2. The summed E-state index contributed by atoms with van der Waals surface area (Å²) in [4.78, 5) is 2.40. The molecule has 1 fully saturated rings. The number of benzene rings is 1. The first-order valence-electron chi connectivity index (χ1n) is 6.39. The van der Waals surface area contributed by atoms with Gasteiger partial charge in [0.1, 0.15) is 0 Å². The Labute approximate surface area is 108 Å². The molecule has 0 amide bonds. The van der Waals surface area contributed by atoms with Crippen molar-refractivity contribution in [3.63, 3.8) is 0 Å². The van der Waals surface area contributed by atoms with Crippen LogP contribution in [0.4, 0.5) is 0 Å². The second-order valence-electron chi connectivity index (χ2n) is 4.83. The maximum absolute atomic E-state index is 9.02. The van der Waals surface area contributed by atoms with E-state index >= 15 is 0 Å². The summed E-state index contributed by atoms with van der Waals surface area (Å²) in [6.07, 6.45) is 1.21. The van der Waals surface area contributed by atoms with Gasteiger partial charge in [0.25, 0.3) is 0 Å². The zero-order valence-corrected chi connectivity index (χ0v) is 10.7. The van der Waals surface area contributed by atoms with Crippen molar-refractivity contribution in [3.8, 4) is 0 Å². The predicted octanol–water partition coefficient (Wildman–Crippen LogP) is 1.28. The molecule has 1 aromatic carbocycles. The number of aliphatic hydroxyl groups is 2. The van der Waals surface area contributed by atoms with E-state index in [0.29, 0.717) is 11.7 Å². The maximum Gasteiger partial charge on any atom is 0.178 e. The van der Waals surface area contributed by atoms with Crippen molar-refractivity contribution < 1.29 is 14.9 Å². The Hall–Kier alpha value is -0.940. The Bertz CT molecular complexity index is 356. The van der Waals surface area contributed by atoms with Gasteiger partial charge in [0.2, 0.25) is 0 Å². The van der Waals surface area contributed by atoms with Crippen LogP contribution < -0.4 is 0 Å². The molecule has 0 saturated carbocycles. The van der Waals surface area contributed by atoms with E-state index in [0.717, 1.165) is 32.5 Å². The largest absolute Gasteiger partial charge is 0.381 e. The number of methoxy groups -OCH3 is 1. The Morgan fingerprint density at radius 3 is 2.33 bits per heavy atom. The fourth-order valence-corrected chi connectivity index (χ4v) is 2.36. The number of likely N-dealkylation sites (tertiary alicyclic amines) is 1. The zero-order valence-electron chi connectivity index (χ0n) is 10.7. The van der Waals surface area contributed by atoms with E-state index < -0.39 is 6.29 Å². The zero-order chi connectivity index (χ0) is 13.0. The highest BCUT2D eigenvalue weighted by Gasteiger charge is 2.18. The van der Waals surface area contributed by atoms with E-state index in [1.807, 2.05) is 12.1 Å². The number of nitrogens with zero attached hydrogens (tertiary/aromatic N) is 1. The molecule has 1 aromatic rings. The minimum Gasteiger partial charge on any atom is -0.381 e. The van der Waals surface area contributed by atoms with Gasteiger partial charge in [-0.05, 0) is 18.4 Å². The van der Waals surface area contributed by atoms with E-state index in [-0.39, 0.29) is 0 Å². The molecular weight excluding hydrogens is 230 g/mol. The van der Waals surface area contributed by atoms with Gasteiger partial charge in [-0.1, -0.05) is 24.3 Å². The monoisotopic (exact) mass is 251 g/mol. The van der Waals surface area contributed by atoms with Crippen molar-refractivity contribution >= 4 is 0 Å². The molecule has 2 N–H and O–H groups in total. The van der Waals surface area contributed by atoms with Crippen LogP contribution in [0.3, 0.4) is 0 Å². The van der Waals surface area contributed by atoms with Crippen molar-refractivity contribution in [1.29, 1.82) is 0 Å². The van der Waals surface area contributed by atoms with E-state index in [2.05, 4.69) is 4.90 Å². The maximum atomic E-state index is 9.02. The average Bonchev–Trinajstić information content (AvgIpc) is 2.40. The Morgan fingerprint density at radius 1 is 1.22 bits per heavy atom. The second-order valence-corrected chi connectivity index (χ2v) is 4.83. The van der Waals surface area contributed by atoms with Gasteiger partial charge < -0.3 is 14.9 Å². The normalized spacial score (nSPS) is 18.4. The van der Waals surface area contributed by atoms with E-state index in [1.165, 1.54) is 5.56 Å². The van der Waals surface area contributed by atoms with Crippen LogP contribution in [-0.2, 0) is 11.3 Å². The van der Waals surface area contributed by atoms with Gasteiger partial charge >= 0.3 is 0 Å². The van der Waals surface area contributed by atoms with Crippen LogP contribution in [0.1, 0.15) is 30.3 Å². The number of piperidine rings is 1. The van der Waals surface area contributed by atoms with Crippen molar-refractivity contribution in [2.75, 3.05) is 20.2 Å². The SMILES string of the molecule is COC1CCN(Cc2ccc(C(O)O)cc2)CC1. The van der Waals surface area contributed by atoms with E-state index in [4.69, 9.17) is 14.9 Å². The van der Waals surface area contributed by atoms with E-state index in [9.17, 15) is 0 Å². The lowest BCUT2D eigenvalue weighted by molar-refractivity contribution is -0.0425. The molecule has 100 valence electrons. The Balaban J connectivity index is 1.86. The Kier molecular flexibility index (Phi) is 4.72. The summed E-state index contributed by atoms with van der Waals surface area (Å²) in [6, 6.07) is 7.44. The van der Waals surface area contributed by atoms with Gasteiger partial charge in [-0.25, -0.2) is 0 Å². The number of aliphatic hydroxyl groups excluding tert-OH is 1. The van der Waals surface area contributed by atoms with Gasteiger partial charge in [0.05, 0.1) is 6.10 Å². The highest BCUT2D eigenvalue weighted by molar-refractivity contribution is 5.23.